The van der Waals surface area contributed by atoms with Crippen LogP contribution in [0.15, 0.2) is 35.1 Å². The molecule has 2 heterocycles. The van der Waals surface area contributed by atoms with E-state index < -0.39 is 11.9 Å². The van der Waals surface area contributed by atoms with Crippen LogP contribution in [0.25, 0.3) is 22.9 Å². The topological polar surface area (TPSA) is 54.5 Å². The van der Waals surface area contributed by atoms with E-state index in [2.05, 4.69) is 35.9 Å². The van der Waals surface area contributed by atoms with Crippen LogP contribution in [0.4, 0.5) is 13.2 Å². The molecule has 3 rings (SSSR count). The molecule has 0 aliphatic heterocycles. The van der Waals surface area contributed by atoms with Crippen LogP contribution in [0.1, 0.15) is 11.3 Å². The highest BCUT2D eigenvalue weighted by molar-refractivity contribution is 9.10. The zero-order chi connectivity index (χ0) is 17.5. The molecule has 0 fully saturated rings. The van der Waals surface area contributed by atoms with Crippen LogP contribution in [0, 0.1) is 6.92 Å². The fourth-order valence-corrected chi connectivity index (χ4v) is 2.47. The second kappa shape index (κ2) is 6.18. The first-order valence-corrected chi connectivity index (χ1v) is 7.85. The lowest BCUT2D eigenvalue weighted by atomic mass is 10.1. The Morgan fingerprint density at radius 2 is 1.88 bits per heavy atom. The zero-order valence-electron chi connectivity index (χ0n) is 12.1. The van der Waals surface area contributed by atoms with Crippen LogP contribution in [-0.4, -0.2) is 19.9 Å². The lowest BCUT2D eigenvalue weighted by Gasteiger charge is -2.10. The van der Waals surface area contributed by atoms with Gasteiger partial charge in [-0.1, -0.05) is 17.7 Å². The summed E-state index contributed by atoms with van der Waals surface area (Å²) in [7, 11) is 0. The van der Waals surface area contributed by atoms with Crippen LogP contribution in [-0.2, 0) is 6.18 Å². The van der Waals surface area contributed by atoms with Gasteiger partial charge in [0, 0.05) is 16.8 Å². The molecule has 4 nitrogen and oxygen atoms in total. The van der Waals surface area contributed by atoms with Crippen molar-refractivity contribution in [3.05, 3.63) is 51.3 Å². The van der Waals surface area contributed by atoms with E-state index in [-0.39, 0.29) is 17.3 Å². The van der Waals surface area contributed by atoms with Crippen LogP contribution >= 0.6 is 27.5 Å². The lowest BCUT2D eigenvalue weighted by Crippen LogP contribution is -2.10. The van der Waals surface area contributed by atoms with Gasteiger partial charge in [0.05, 0.1) is 5.69 Å². The molecule has 0 spiro atoms. The Morgan fingerprint density at radius 1 is 1.12 bits per heavy atom. The van der Waals surface area contributed by atoms with Crippen molar-refractivity contribution in [1.82, 2.24) is 19.9 Å². The molecule has 124 valence electrons. The standard InChI is InChI=1S/C15H9BrClF3N4/c1-7-4-8(2-3-9(7)17)10-5-11(15(18,19)20)23-14(22-10)13-21-6-12(16)24-13/h2-6H,1H3,(H,21,24). The number of aromatic amines is 1. The van der Waals surface area contributed by atoms with Gasteiger partial charge in [0.15, 0.2) is 11.6 Å². The Kier molecular flexibility index (Phi) is 4.35. The number of nitrogens with one attached hydrogen (secondary N) is 1. The van der Waals surface area contributed by atoms with E-state index in [1.54, 1.807) is 25.1 Å². The molecule has 9 heteroatoms. The smallest absolute Gasteiger partial charge is 0.341 e. The average Bonchev–Trinajstić information content (AvgIpc) is 2.95. The lowest BCUT2D eigenvalue weighted by molar-refractivity contribution is -0.141. The summed E-state index contributed by atoms with van der Waals surface area (Å²) in [5.74, 6) is -0.00182. The quantitative estimate of drug-likeness (QED) is 0.617. The molecule has 0 aliphatic rings. The minimum Gasteiger partial charge on any atom is -0.341 e. The Bertz CT molecular complexity index is 908. The fraction of sp³-hybridized carbons (Fsp3) is 0.133. The monoisotopic (exact) mass is 416 g/mol. The van der Waals surface area contributed by atoms with Gasteiger partial charge in [-0.05, 0) is 46.6 Å². The first-order chi connectivity index (χ1) is 11.2. The average molecular weight is 418 g/mol. The summed E-state index contributed by atoms with van der Waals surface area (Å²) in [6.45, 7) is 1.77. The SMILES string of the molecule is Cc1cc(-c2cc(C(F)(F)F)nc(-c3nc(Br)c[nH]3)n2)ccc1Cl. The third-order valence-electron chi connectivity index (χ3n) is 3.23. The second-order valence-corrected chi connectivity index (χ2v) is 6.22. The van der Waals surface area contributed by atoms with Gasteiger partial charge in [-0.3, -0.25) is 0 Å². The molecule has 24 heavy (non-hydrogen) atoms. The highest BCUT2D eigenvalue weighted by Crippen LogP contribution is 2.32. The summed E-state index contributed by atoms with van der Waals surface area (Å²) < 4.78 is 40.0. The van der Waals surface area contributed by atoms with Crippen molar-refractivity contribution in [3.8, 4) is 22.9 Å². The molecule has 0 amide bonds. The van der Waals surface area contributed by atoms with Crippen molar-refractivity contribution >= 4 is 27.5 Å². The molecule has 0 unspecified atom stereocenters. The third kappa shape index (κ3) is 3.44. The number of imidazole rings is 1. The molecule has 0 aliphatic carbocycles. The molecule has 0 bridgehead atoms. The molecular weight excluding hydrogens is 409 g/mol. The van der Waals surface area contributed by atoms with E-state index in [9.17, 15) is 13.2 Å². The van der Waals surface area contributed by atoms with Crippen molar-refractivity contribution in [2.45, 2.75) is 13.1 Å². The first kappa shape index (κ1) is 16.9. The summed E-state index contributed by atoms with van der Waals surface area (Å²) in [5.41, 5.74) is 0.350. The van der Waals surface area contributed by atoms with E-state index in [0.29, 0.717) is 15.2 Å². The van der Waals surface area contributed by atoms with E-state index >= 15 is 0 Å². The number of nitrogens with zero attached hydrogens (tertiary/aromatic N) is 3. The number of hydrogen-bond acceptors (Lipinski definition) is 3. The fourth-order valence-electron chi connectivity index (χ4n) is 2.06. The maximum Gasteiger partial charge on any atom is 0.433 e. The number of halogens is 5. The van der Waals surface area contributed by atoms with Gasteiger partial charge in [-0.2, -0.15) is 13.2 Å². The van der Waals surface area contributed by atoms with Gasteiger partial charge in [0.25, 0.3) is 0 Å². The molecule has 1 N–H and O–H groups in total. The Morgan fingerprint density at radius 3 is 2.46 bits per heavy atom. The highest BCUT2D eigenvalue weighted by Gasteiger charge is 2.34. The van der Waals surface area contributed by atoms with Crippen molar-refractivity contribution in [3.63, 3.8) is 0 Å². The zero-order valence-corrected chi connectivity index (χ0v) is 14.5. The summed E-state index contributed by atoms with van der Waals surface area (Å²) in [4.78, 5) is 14.5. The number of alkyl halides is 3. The molecular formula is C15H9BrClF3N4. The molecule has 2 aromatic heterocycles. The number of benzene rings is 1. The summed E-state index contributed by atoms with van der Waals surface area (Å²) in [5, 5.41) is 0.527. The largest absolute Gasteiger partial charge is 0.433 e. The van der Waals surface area contributed by atoms with Crippen LogP contribution in [0.5, 0.6) is 0 Å². The molecule has 0 saturated heterocycles. The Hall–Kier alpha value is -1.93. The highest BCUT2D eigenvalue weighted by atomic mass is 79.9. The van der Waals surface area contributed by atoms with E-state index in [1.807, 2.05) is 0 Å². The van der Waals surface area contributed by atoms with E-state index in [4.69, 9.17) is 11.6 Å². The number of hydrogen-bond donors (Lipinski definition) is 1. The second-order valence-electron chi connectivity index (χ2n) is 5.00. The predicted octanol–water partition coefficient (Wildman–Crippen LogP) is 5.28. The molecule has 3 aromatic rings. The van der Waals surface area contributed by atoms with Crippen LogP contribution < -0.4 is 0 Å². The first-order valence-electron chi connectivity index (χ1n) is 6.68. The maximum atomic E-state index is 13.2. The number of aryl methyl sites for hydroxylation is 1. The number of rotatable bonds is 2. The summed E-state index contributed by atoms with van der Waals surface area (Å²) in [6, 6.07) is 5.81. The van der Waals surface area contributed by atoms with Crippen molar-refractivity contribution in [1.29, 1.82) is 0 Å². The molecule has 0 radical (unpaired) electrons. The normalized spacial score (nSPS) is 11.8. The molecule has 0 saturated carbocycles. The van der Waals surface area contributed by atoms with Gasteiger partial charge >= 0.3 is 6.18 Å². The summed E-state index contributed by atoms with van der Waals surface area (Å²) in [6.07, 6.45) is -3.11. The Balaban J connectivity index is 2.19. The minimum atomic E-state index is -4.60. The van der Waals surface area contributed by atoms with Gasteiger partial charge in [0.2, 0.25) is 0 Å². The van der Waals surface area contributed by atoms with Crippen LogP contribution in [0.2, 0.25) is 5.02 Å². The van der Waals surface area contributed by atoms with E-state index in [0.717, 1.165) is 11.6 Å². The van der Waals surface area contributed by atoms with Crippen LogP contribution in [0.3, 0.4) is 0 Å². The van der Waals surface area contributed by atoms with Crippen molar-refractivity contribution in [2.24, 2.45) is 0 Å². The van der Waals surface area contributed by atoms with E-state index in [1.165, 1.54) is 6.20 Å². The van der Waals surface area contributed by atoms with Crippen molar-refractivity contribution in [2.75, 3.05) is 0 Å². The van der Waals surface area contributed by atoms with Gasteiger partial charge in [0.1, 0.15) is 10.3 Å². The summed E-state index contributed by atoms with van der Waals surface area (Å²) >= 11 is 9.10. The number of aromatic nitrogens is 4. The predicted molar refractivity (Wildman–Crippen MR) is 87.5 cm³/mol. The molecule has 1 aromatic carbocycles. The maximum absolute atomic E-state index is 13.2. The molecule has 0 atom stereocenters. The third-order valence-corrected chi connectivity index (χ3v) is 4.06. The van der Waals surface area contributed by atoms with Gasteiger partial charge < -0.3 is 4.98 Å². The number of H-pyrrole nitrogens is 1. The minimum absolute atomic E-state index is 0.139. The van der Waals surface area contributed by atoms with Gasteiger partial charge in [-0.25, -0.2) is 15.0 Å². The van der Waals surface area contributed by atoms with Crippen molar-refractivity contribution < 1.29 is 13.2 Å². The van der Waals surface area contributed by atoms with Gasteiger partial charge in [-0.15, -0.1) is 0 Å². The Labute approximate surface area is 148 Å².